The van der Waals surface area contributed by atoms with Crippen LogP contribution in [0, 0.1) is 36.5 Å². The zero-order valence-corrected chi connectivity index (χ0v) is 9.47. The second kappa shape index (κ2) is 4.27. The third-order valence-electron chi connectivity index (χ3n) is 2.80. The van der Waals surface area contributed by atoms with Crippen LogP contribution in [0.4, 0.5) is 5.82 Å². The van der Waals surface area contributed by atoms with Crippen LogP contribution in [-0.4, -0.2) is 17.4 Å². The summed E-state index contributed by atoms with van der Waals surface area (Å²) in [6, 6.07) is 3.74. The number of anilines is 1. The second-order valence-electron chi connectivity index (χ2n) is 4.05. The summed E-state index contributed by atoms with van der Waals surface area (Å²) in [7, 11) is 0. The first-order valence-corrected chi connectivity index (χ1v) is 5.29. The highest BCUT2D eigenvalue weighted by molar-refractivity contribution is 5.95. The standard InChI is InChI=1S/C13H11N3O/c1-3-10-5-12(17)16(8-10)13-9(2)4-11(6-14)7-15-13/h1,4,7,10H,5,8H2,2H3. The lowest BCUT2D eigenvalue weighted by molar-refractivity contribution is -0.117. The highest BCUT2D eigenvalue weighted by Gasteiger charge is 2.30. The van der Waals surface area contributed by atoms with Gasteiger partial charge in [0.15, 0.2) is 0 Å². The van der Waals surface area contributed by atoms with E-state index in [0.29, 0.717) is 24.3 Å². The van der Waals surface area contributed by atoms with Crippen molar-refractivity contribution in [1.82, 2.24) is 4.98 Å². The zero-order valence-electron chi connectivity index (χ0n) is 9.47. The van der Waals surface area contributed by atoms with Crippen LogP contribution in [-0.2, 0) is 4.79 Å². The molecule has 17 heavy (non-hydrogen) atoms. The molecule has 1 unspecified atom stereocenters. The van der Waals surface area contributed by atoms with Crippen LogP contribution in [0.2, 0.25) is 0 Å². The highest BCUT2D eigenvalue weighted by Crippen LogP contribution is 2.25. The van der Waals surface area contributed by atoms with Crippen molar-refractivity contribution in [2.75, 3.05) is 11.4 Å². The molecule has 1 fully saturated rings. The molecule has 2 rings (SSSR count). The van der Waals surface area contributed by atoms with E-state index in [2.05, 4.69) is 10.9 Å². The molecule has 0 N–H and O–H groups in total. The highest BCUT2D eigenvalue weighted by atomic mass is 16.2. The minimum absolute atomic E-state index is 0.00624. The van der Waals surface area contributed by atoms with Crippen molar-refractivity contribution in [2.24, 2.45) is 5.92 Å². The fraction of sp³-hybridized carbons (Fsp3) is 0.308. The van der Waals surface area contributed by atoms with Crippen LogP contribution in [0.5, 0.6) is 0 Å². The number of hydrogen-bond acceptors (Lipinski definition) is 3. The van der Waals surface area contributed by atoms with Gasteiger partial charge in [-0.1, -0.05) is 0 Å². The second-order valence-corrected chi connectivity index (χ2v) is 4.05. The predicted molar refractivity (Wildman–Crippen MR) is 63.0 cm³/mol. The summed E-state index contributed by atoms with van der Waals surface area (Å²) >= 11 is 0. The van der Waals surface area contributed by atoms with E-state index in [4.69, 9.17) is 11.7 Å². The van der Waals surface area contributed by atoms with Gasteiger partial charge in [0.25, 0.3) is 0 Å². The fourth-order valence-corrected chi connectivity index (χ4v) is 1.94. The van der Waals surface area contributed by atoms with Crippen LogP contribution in [0.25, 0.3) is 0 Å². The molecule has 1 atom stereocenters. The number of carbonyl (C=O) groups excluding carboxylic acids is 1. The van der Waals surface area contributed by atoms with Gasteiger partial charge in [0.05, 0.1) is 5.56 Å². The Morgan fingerprint density at radius 3 is 2.94 bits per heavy atom. The molecule has 4 heteroatoms. The molecule has 84 valence electrons. The fourth-order valence-electron chi connectivity index (χ4n) is 1.94. The number of hydrogen-bond donors (Lipinski definition) is 0. The lowest BCUT2D eigenvalue weighted by Crippen LogP contribution is -2.26. The summed E-state index contributed by atoms with van der Waals surface area (Å²) < 4.78 is 0. The van der Waals surface area contributed by atoms with Gasteiger partial charge in [0.2, 0.25) is 5.91 Å². The number of aryl methyl sites for hydroxylation is 1. The maximum absolute atomic E-state index is 11.8. The molecule has 0 aromatic carbocycles. The van der Waals surface area contributed by atoms with Gasteiger partial charge in [-0.2, -0.15) is 5.26 Å². The molecule has 0 saturated carbocycles. The van der Waals surface area contributed by atoms with Crippen molar-refractivity contribution in [3.63, 3.8) is 0 Å². The number of amides is 1. The Bertz CT molecular complexity index is 551. The number of nitrogens with zero attached hydrogens (tertiary/aromatic N) is 3. The summed E-state index contributed by atoms with van der Waals surface area (Å²) in [4.78, 5) is 17.5. The van der Waals surface area contributed by atoms with Gasteiger partial charge in [-0.3, -0.25) is 9.69 Å². The predicted octanol–water partition coefficient (Wildman–Crippen LogP) is 1.25. The molecule has 1 aliphatic rings. The monoisotopic (exact) mass is 225 g/mol. The zero-order chi connectivity index (χ0) is 12.4. The Morgan fingerprint density at radius 2 is 2.41 bits per heavy atom. The number of rotatable bonds is 1. The summed E-state index contributed by atoms with van der Waals surface area (Å²) in [6.07, 6.45) is 7.17. The average molecular weight is 225 g/mol. The molecular weight excluding hydrogens is 214 g/mol. The van der Waals surface area contributed by atoms with Crippen molar-refractivity contribution in [3.8, 4) is 18.4 Å². The number of pyridine rings is 1. The lowest BCUT2D eigenvalue weighted by Gasteiger charge is -2.16. The third-order valence-corrected chi connectivity index (χ3v) is 2.80. The Balaban J connectivity index is 2.33. The van der Waals surface area contributed by atoms with Crippen molar-refractivity contribution < 1.29 is 4.79 Å². The van der Waals surface area contributed by atoms with Crippen LogP contribution in [0.15, 0.2) is 12.3 Å². The summed E-state index contributed by atoms with van der Waals surface area (Å²) in [6.45, 7) is 2.34. The maximum atomic E-state index is 11.8. The van der Waals surface area contributed by atoms with Gasteiger partial charge in [-0.05, 0) is 18.6 Å². The SMILES string of the molecule is C#CC1CC(=O)N(c2ncc(C#N)cc2C)C1. The molecule has 1 aliphatic heterocycles. The van der Waals surface area contributed by atoms with Crippen molar-refractivity contribution >= 4 is 11.7 Å². The molecule has 1 saturated heterocycles. The van der Waals surface area contributed by atoms with Gasteiger partial charge in [-0.25, -0.2) is 4.98 Å². The van der Waals surface area contributed by atoms with E-state index in [1.54, 1.807) is 11.0 Å². The molecule has 0 aliphatic carbocycles. The van der Waals surface area contributed by atoms with Gasteiger partial charge in [0, 0.05) is 25.1 Å². The molecule has 0 radical (unpaired) electrons. The molecule has 4 nitrogen and oxygen atoms in total. The van der Waals surface area contributed by atoms with E-state index in [-0.39, 0.29) is 11.8 Å². The summed E-state index contributed by atoms with van der Waals surface area (Å²) in [5.41, 5.74) is 1.31. The van der Waals surface area contributed by atoms with Crippen molar-refractivity contribution in [2.45, 2.75) is 13.3 Å². The van der Waals surface area contributed by atoms with Crippen LogP contribution < -0.4 is 4.90 Å². The summed E-state index contributed by atoms with van der Waals surface area (Å²) in [5.74, 6) is 3.15. The Morgan fingerprint density at radius 1 is 1.65 bits per heavy atom. The molecule has 1 aromatic heterocycles. The van der Waals surface area contributed by atoms with E-state index in [9.17, 15) is 4.79 Å². The van der Waals surface area contributed by atoms with Gasteiger partial charge in [-0.15, -0.1) is 12.3 Å². The quantitative estimate of drug-likeness (QED) is 0.676. The molecule has 1 aromatic rings. The maximum Gasteiger partial charge on any atom is 0.229 e. The minimum atomic E-state index is -0.0423. The minimum Gasteiger partial charge on any atom is -0.295 e. The first-order chi connectivity index (χ1) is 8.15. The largest absolute Gasteiger partial charge is 0.295 e. The third kappa shape index (κ3) is 1.98. The van der Waals surface area contributed by atoms with Crippen LogP contribution in [0.1, 0.15) is 17.5 Å². The van der Waals surface area contributed by atoms with E-state index < -0.39 is 0 Å². The number of aromatic nitrogens is 1. The Labute approximate surface area is 99.9 Å². The topological polar surface area (TPSA) is 57.0 Å². The van der Waals surface area contributed by atoms with E-state index in [0.717, 1.165) is 5.56 Å². The number of nitriles is 1. The smallest absolute Gasteiger partial charge is 0.229 e. The first kappa shape index (κ1) is 11.2. The first-order valence-electron chi connectivity index (χ1n) is 5.29. The molecule has 1 amide bonds. The van der Waals surface area contributed by atoms with Crippen molar-refractivity contribution in [1.29, 1.82) is 5.26 Å². The lowest BCUT2D eigenvalue weighted by atomic mass is 10.1. The van der Waals surface area contributed by atoms with Crippen LogP contribution in [0.3, 0.4) is 0 Å². The van der Waals surface area contributed by atoms with E-state index in [1.807, 2.05) is 13.0 Å². The number of carbonyl (C=O) groups is 1. The molecular formula is C13H11N3O. The molecule has 0 bridgehead atoms. The van der Waals surface area contributed by atoms with Crippen LogP contribution >= 0.6 is 0 Å². The van der Waals surface area contributed by atoms with Gasteiger partial charge >= 0.3 is 0 Å². The summed E-state index contributed by atoms with van der Waals surface area (Å²) in [5, 5.41) is 8.75. The van der Waals surface area contributed by atoms with Gasteiger partial charge < -0.3 is 0 Å². The van der Waals surface area contributed by atoms with E-state index >= 15 is 0 Å². The van der Waals surface area contributed by atoms with Crippen molar-refractivity contribution in [3.05, 3.63) is 23.4 Å². The normalized spacial score (nSPS) is 18.9. The average Bonchev–Trinajstić information content (AvgIpc) is 2.70. The number of terminal acetylenes is 1. The Hall–Kier alpha value is -2.33. The van der Waals surface area contributed by atoms with Gasteiger partial charge in [0.1, 0.15) is 11.9 Å². The van der Waals surface area contributed by atoms with E-state index in [1.165, 1.54) is 6.20 Å². The molecule has 0 spiro atoms. The molecule has 2 heterocycles. The Kier molecular flexibility index (Phi) is 2.80.